The fourth-order valence-electron chi connectivity index (χ4n) is 6.01. The Kier molecular flexibility index (Phi) is 7.64. The lowest BCUT2D eigenvalue weighted by Gasteiger charge is -2.40. The van der Waals surface area contributed by atoms with E-state index in [-0.39, 0.29) is 29.8 Å². The molecule has 0 aliphatic carbocycles. The molecule has 2 aliphatic rings. The Balaban J connectivity index is 1.23. The summed E-state index contributed by atoms with van der Waals surface area (Å²) in [4.78, 5) is 17.8. The monoisotopic (exact) mass is 575 g/mol. The number of piperazine rings is 1. The SMILES string of the molecule is COc1ccc([C@H]2C[C@@H](C(F)(F)F)n3ncc(C(=O)N4CCN(C(c5ccccc5)c5ccccc5)CC4)c3N2)cc1. The second-order valence-electron chi connectivity index (χ2n) is 10.7. The zero-order valence-corrected chi connectivity index (χ0v) is 23.2. The second kappa shape index (κ2) is 11.5. The number of hydrogen-bond donors (Lipinski definition) is 1. The molecule has 0 spiro atoms. The highest BCUT2D eigenvalue weighted by atomic mass is 19.4. The number of carbonyl (C=O) groups excluding carboxylic acids is 1. The Morgan fingerprint density at radius 3 is 2.05 bits per heavy atom. The molecule has 1 amide bonds. The van der Waals surface area contributed by atoms with Crippen LogP contribution in [0.3, 0.4) is 0 Å². The van der Waals surface area contributed by atoms with E-state index in [1.54, 1.807) is 29.2 Å². The minimum atomic E-state index is -4.52. The van der Waals surface area contributed by atoms with E-state index in [1.807, 2.05) is 36.4 Å². The number of ether oxygens (including phenoxy) is 1. The minimum absolute atomic E-state index is 0.0352. The summed E-state index contributed by atoms with van der Waals surface area (Å²) in [6.45, 7) is 2.14. The van der Waals surface area contributed by atoms with Gasteiger partial charge in [-0.2, -0.15) is 18.3 Å². The summed E-state index contributed by atoms with van der Waals surface area (Å²) < 4.78 is 48.7. The van der Waals surface area contributed by atoms with Crippen molar-refractivity contribution in [3.8, 4) is 5.75 Å². The van der Waals surface area contributed by atoms with Gasteiger partial charge in [0.2, 0.25) is 0 Å². The molecule has 218 valence electrons. The molecule has 1 saturated heterocycles. The first-order valence-electron chi connectivity index (χ1n) is 14.0. The Bertz CT molecular complexity index is 1460. The summed E-state index contributed by atoms with van der Waals surface area (Å²) in [5.41, 5.74) is 3.17. The van der Waals surface area contributed by atoms with Crippen molar-refractivity contribution in [2.45, 2.75) is 30.7 Å². The van der Waals surface area contributed by atoms with E-state index < -0.39 is 18.3 Å². The van der Waals surface area contributed by atoms with Gasteiger partial charge in [0.15, 0.2) is 6.04 Å². The molecule has 2 atom stereocenters. The first kappa shape index (κ1) is 27.8. The fraction of sp³-hybridized carbons (Fsp3) is 0.312. The van der Waals surface area contributed by atoms with Crippen molar-refractivity contribution in [3.05, 3.63) is 113 Å². The highest BCUT2D eigenvalue weighted by molar-refractivity contribution is 5.99. The molecule has 7 nitrogen and oxygen atoms in total. The maximum absolute atomic E-state index is 14.2. The summed E-state index contributed by atoms with van der Waals surface area (Å²) >= 11 is 0. The number of benzene rings is 3. The second-order valence-corrected chi connectivity index (χ2v) is 10.7. The van der Waals surface area contributed by atoms with Gasteiger partial charge in [-0.15, -0.1) is 0 Å². The molecule has 1 N–H and O–H groups in total. The zero-order chi connectivity index (χ0) is 29.3. The zero-order valence-electron chi connectivity index (χ0n) is 23.2. The number of carbonyl (C=O) groups is 1. The number of anilines is 1. The number of rotatable bonds is 6. The topological polar surface area (TPSA) is 62.6 Å². The Labute approximate surface area is 242 Å². The lowest BCUT2D eigenvalue weighted by molar-refractivity contribution is -0.173. The van der Waals surface area contributed by atoms with Crippen molar-refractivity contribution in [2.24, 2.45) is 0 Å². The Morgan fingerprint density at radius 2 is 1.50 bits per heavy atom. The van der Waals surface area contributed by atoms with Crippen molar-refractivity contribution < 1.29 is 22.7 Å². The largest absolute Gasteiger partial charge is 0.497 e. The van der Waals surface area contributed by atoms with Crippen LogP contribution in [0, 0.1) is 0 Å². The number of methoxy groups -OCH3 is 1. The fourth-order valence-corrected chi connectivity index (χ4v) is 6.01. The summed E-state index contributed by atoms with van der Waals surface area (Å²) in [5, 5.41) is 7.25. The molecule has 3 heterocycles. The minimum Gasteiger partial charge on any atom is -0.497 e. The van der Waals surface area contributed by atoms with Crippen molar-refractivity contribution in [2.75, 3.05) is 38.6 Å². The van der Waals surface area contributed by atoms with Gasteiger partial charge in [-0.05, 0) is 28.8 Å². The van der Waals surface area contributed by atoms with E-state index in [2.05, 4.69) is 39.6 Å². The number of alkyl halides is 3. The summed E-state index contributed by atoms with van der Waals surface area (Å²) in [5.74, 6) is 0.391. The van der Waals surface area contributed by atoms with Crippen LogP contribution in [0.5, 0.6) is 5.75 Å². The molecule has 6 rings (SSSR count). The van der Waals surface area contributed by atoms with Crippen molar-refractivity contribution in [1.82, 2.24) is 19.6 Å². The van der Waals surface area contributed by atoms with Crippen LogP contribution in [0.25, 0.3) is 0 Å². The third-order valence-electron chi connectivity index (χ3n) is 8.18. The van der Waals surface area contributed by atoms with Crippen LogP contribution in [-0.2, 0) is 0 Å². The van der Waals surface area contributed by atoms with Gasteiger partial charge in [-0.1, -0.05) is 72.8 Å². The van der Waals surface area contributed by atoms with E-state index in [0.29, 0.717) is 37.5 Å². The van der Waals surface area contributed by atoms with Gasteiger partial charge in [0.25, 0.3) is 5.91 Å². The molecule has 1 fully saturated rings. The smallest absolute Gasteiger partial charge is 0.410 e. The number of fused-ring (bicyclic) bond motifs is 1. The van der Waals surface area contributed by atoms with Gasteiger partial charge in [0.05, 0.1) is 25.4 Å². The third kappa shape index (κ3) is 5.46. The van der Waals surface area contributed by atoms with Crippen molar-refractivity contribution in [1.29, 1.82) is 0 Å². The molecule has 42 heavy (non-hydrogen) atoms. The van der Waals surface area contributed by atoms with Crippen molar-refractivity contribution >= 4 is 11.7 Å². The highest BCUT2D eigenvalue weighted by Gasteiger charge is 2.47. The predicted octanol–water partition coefficient (Wildman–Crippen LogP) is 6.10. The molecule has 4 aromatic rings. The lowest BCUT2D eigenvalue weighted by Crippen LogP contribution is -2.50. The molecule has 2 aliphatic heterocycles. The van der Waals surface area contributed by atoms with Crippen molar-refractivity contribution in [3.63, 3.8) is 0 Å². The molecular weight excluding hydrogens is 543 g/mol. The lowest BCUT2D eigenvalue weighted by atomic mass is 9.96. The number of nitrogens with zero attached hydrogens (tertiary/aromatic N) is 4. The highest BCUT2D eigenvalue weighted by Crippen LogP contribution is 2.44. The summed E-state index contributed by atoms with van der Waals surface area (Å²) in [6.07, 6.45) is -3.50. The standard InChI is InChI=1S/C32H32F3N5O2/c1-42-25-14-12-22(13-15-25)27-20-28(32(33,34)35)40-30(37-27)26(21-36-40)31(41)39-18-16-38(17-19-39)29(23-8-4-2-5-9-23)24-10-6-3-7-11-24/h2-15,21,27-29,37H,16-20H2,1H3/t27-,28+/m1/s1. The molecule has 0 bridgehead atoms. The normalized spacial score (nSPS) is 19.3. The number of nitrogens with one attached hydrogen (secondary N) is 1. The van der Waals surface area contributed by atoms with E-state index in [0.717, 1.165) is 4.68 Å². The number of halogens is 3. The van der Waals surface area contributed by atoms with Gasteiger partial charge in [-0.3, -0.25) is 9.69 Å². The average molecular weight is 576 g/mol. The maximum Gasteiger partial charge on any atom is 0.410 e. The first-order chi connectivity index (χ1) is 20.3. The quantitative estimate of drug-likeness (QED) is 0.301. The molecule has 1 aromatic heterocycles. The molecule has 3 aromatic carbocycles. The number of hydrogen-bond acceptors (Lipinski definition) is 5. The van der Waals surface area contributed by atoms with Crippen LogP contribution < -0.4 is 10.1 Å². The van der Waals surface area contributed by atoms with Gasteiger partial charge in [-0.25, -0.2) is 4.68 Å². The van der Waals surface area contributed by atoms with Crippen LogP contribution in [0.15, 0.2) is 91.1 Å². The molecule has 10 heteroatoms. The molecule has 0 unspecified atom stereocenters. The van der Waals surface area contributed by atoms with E-state index >= 15 is 0 Å². The van der Waals surface area contributed by atoms with E-state index in [1.165, 1.54) is 24.4 Å². The molecule has 0 radical (unpaired) electrons. The predicted molar refractivity (Wildman–Crippen MR) is 153 cm³/mol. The van der Waals surface area contributed by atoms with Gasteiger partial charge in [0.1, 0.15) is 17.1 Å². The number of aromatic nitrogens is 2. The van der Waals surface area contributed by atoms with Crippen LogP contribution >= 0.6 is 0 Å². The Hall–Kier alpha value is -4.31. The molecular formula is C32H32F3N5O2. The van der Waals surface area contributed by atoms with Gasteiger partial charge >= 0.3 is 6.18 Å². The van der Waals surface area contributed by atoms with Gasteiger partial charge in [0, 0.05) is 32.6 Å². The number of amides is 1. The molecule has 0 saturated carbocycles. The summed E-state index contributed by atoms with van der Waals surface area (Å²) in [7, 11) is 1.54. The van der Waals surface area contributed by atoms with E-state index in [9.17, 15) is 18.0 Å². The van der Waals surface area contributed by atoms with Crippen LogP contribution in [-0.4, -0.2) is 65.0 Å². The first-order valence-corrected chi connectivity index (χ1v) is 14.0. The Morgan fingerprint density at radius 1 is 0.905 bits per heavy atom. The van der Waals surface area contributed by atoms with Crippen LogP contribution in [0.4, 0.5) is 19.0 Å². The average Bonchev–Trinajstić information content (AvgIpc) is 3.45. The van der Waals surface area contributed by atoms with Gasteiger partial charge < -0.3 is 15.0 Å². The summed E-state index contributed by atoms with van der Waals surface area (Å²) in [6, 6.07) is 25.0. The van der Waals surface area contributed by atoms with Crippen LogP contribution in [0.2, 0.25) is 0 Å². The third-order valence-corrected chi connectivity index (χ3v) is 8.18. The van der Waals surface area contributed by atoms with E-state index in [4.69, 9.17) is 4.74 Å². The van der Waals surface area contributed by atoms with Crippen LogP contribution in [0.1, 0.15) is 51.6 Å². The maximum atomic E-state index is 14.2.